The number of benzene rings is 1. The summed E-state index contributed by atoms with van der Waals surface area (Å²) in [4.78, 5) is 11.8. The monoisotopic (exact) mass is 328 g/mol. The van der Waals surface area contributed by atoms with Gasteiger partial charge >= 0.3 is 5.97 Å². The molecular weight excluding hydrogens is 312 g/mol. The average Bonchev–Trinajstić information content (AvgIpc) is 3.19. The fourth-order valence-corrected chi connectivity index (χ4v) is 2.36. The van der Waals surface area contributed by atoms with Gasteiger partial charge in [-0.15, -0.1) is 0 Å². The van der Waals surface area contributed by atoms with Crippen LogP contribution in [0, 0.1) is 5.41 Å². The second-order valence-corrected chi connectivity index (χ2v) is 5.35. The second kappa shape index (κ2) is 5.82. The highest BCUT2D eigenvalue weighted by molar-refractivity contribution is 9.10. The Labute approximate surface area is 121 Å². The summed E-state index contributed by atoms with van der Waals surface area (Å²) in [5.74, 6) is 1.22. The van der Waals surface area contributed by atoms with Gasteiger partial charge in [-0.1, -0.05) is 6.07 Å². The van der Waals surface area contributed by atoms with Crippen molar-refractivity contribution < 1.29 is 19.0 Å². The van der Waals surface area contributed by atoms with E-state index in [2.05, 4.69) is 15.9 Å². The van der Waals surface area contributed by atoms with Crippen molar-refractivity contribution in [1.82, 2.24) is 0 Å². The molecule has 2 rings (SSSR count). The van der Waals surface area contributed by atoms with Crippen molar-refractivity contribution in [3.8, 4) is 11.5 Å². The molecule has 0 aromatic heterocycles. The van der Waals surface area contributed by atoms with E-state index >= 15 is 0 Å². The fourth-order valence-electron chi connectivity index (χ4n) is 1.82. The van der Waals surface area contributed by atoms with Gasteiger partial charge in [0.15, 0.2) is 0 Å². The molecule has 0 bridgehead atoms. The lowest BCUT2D eigenvalue weighted by Crippen LogP contribution is -2.25. The third kappa shape index (κ3) is 3.03. The molecule has 0 spiro atoms. The number of hydrogen-bond acceptors (Lipinski definition) is 4. The van der Waals surface area contributed by atoms with Gasteiger partial charge in [0.2, 0.25) is 0 Å². The predicted molar refractivity (Wildman–Crippen MR) is 74.5 cm³/mol. The van der Waals surface area contributed by atoms with Crippen LogP contribution in [0.25, 0.3) is 0 Å². The third-order valence-electron chi connectivity index (χ3n) is 3.21. The number of esters is 1. The Morgan fingerprint density at radius 2 is 2.05 bits per heavy atom. The maximum atomic E-state index is 11.8. The smallest absolute Gasteiger partial charge is 0.315 e. The van der Waals surface area contributed by atoms with Crippen molar-refractivity contribution >= 4 is 21.9 Å². The van der Waals surface area contributed by atoms with E-state index in [1.54, 1.807) is 7.11 Å². The molecular formula is C14H17BrO4. The summed E-state index contributed by atoms with van der Waals surface area (Å²) >= 11 is 3.43. The lowest BCUT2D eigenvalue weighted by Gasteiger charge is -2.16. The zero-order valence-electron chi connectivity index (χ0n) is 11.1. The van der Waals surface area contributed by atoms with Gasteiger partial charge < -0.3 is 14.2 Å². The maximum absolute atomic E-state index is 11.8. The summed E-state index contributed by atoms with van der Waals surface area (Å²) in [5, 5.41) is 0. The van der Waals surface area contributed by atoms with Crippen molar-refractivity contribution in [2.24, 2.45) is 5.41 Å². The topological polar surface area (TPSA) is 44.8 Å². The van der Waals surface area contributed by atoms with Crippen molar-refractivity contribution in [3.05, 3.63) is 22.7 Å². The molecule has 0 aliphatic heterocycles. The summed E-state index contributed by atoms with van der Waals surface area (Å²) in [6.07, 6.45) is 1.65. The van der Waals surface area contributed by atoms with Gasteiger partial charge in [0, 0.05) is 0 Å². The first-order chi connectivity index (χ1) is 9.13. The van der Waals surface area contributed by atoms with Crippen LogP contribution < -0.4 is 9.47 Å². The van der Waals surface area contributed by atoms with Crippen molar-refractivity contribution in [2.75, 3.05) is 20.3 Å². The van der Waals surface area contributed by atoms with Crippen LogP contribution in [0.5, 0.6) is 11.5 Å². The largest absolute Gasteiger partial charge is 0.495 e. The highest BCUT2D eigenvalue weighted by atomic mass is 79.9. The summed E-state index contributed by atoms with van der Waals surface area (Å²) in [6, 6.07) is 5.53. The Balaban J connectivity index is 2.01. The van der Waals surface area contributed by atoms with Gasteiger partial charge in [-0.25, -0.2) is 0 Å². The van der Waals surface area contributed by atoms with E-state index in [0.29, 0.717) is 24.7 Å². The number of rotatable bonds is 6. The van der Waals surface area contributed by atoms with Crippen LogP contribution in [0.3, 0.4) is 0 Å². The lowest BCUT2D eigenvalue weighted by atomic mass is 10.1. The van der Waals surface area contributed by atoms with E-state index in [0.717, 1.165) is 17.3 Å². The number of carbonyl (C=O) groups is 1. The zero-order valence-corrected chi connectivity index (χ0v) is 12.7. The molecule has 1 saturated carbocycles. The molecule has 0 saturated heterocycles. The van der Waals surface area contributed by atoms with E-state index < -0.39 is 5.41 Å². The zero-order chi connectivity index (χ0) is 13.9. The van der Waals surface area contributed by atoms with E-state index in [4.69, 9.17) is 14.2 Å². The first-order valence-corrected chi connectivity index (χ1v) is 7.05. The number of carbonyl (C=O) groups excluding carboxylic acids is 1. The van der Waals surface area contributed by atoms with Gasteiger partial charge in [0.25, 0.3) is 0 Å². The number of halogens is 1. The molecule has 0 amide bonds. The molecule has 104 valence electrons. The maximum Gasteiger partial charge on any atom is 0.315 e. The normalized spacial score (nSPS) is 15.7. The summed E-state index contributed by atoms with van der Waals surface area (Å²) in [5.41, 5.74) is -0.446. The second-order valence-electron chi connectivity index (χ2n) is 4.56. The van der Waals surface area contributed by atoms with Crippen LogP contribution in [0.2, 0.25) is 0 Å². The number of hydrogen-bond donors (Lipinski definition) is 0. The van der Waals surface area contributed by atoms with Crippen LogP contribution in [-0.4, -0.2) is 26.3 Å². The van der Waals surface area contributed by atoms with E-state index in [1.165, 1.54) is 0 Å². The van der Waals surface area contributed by atoms with Crippen molar-refractivity contribution in [1.29, 1.82) is 0 Å². The fraction of sp³-hybridized carbons (Fsp3) is 0.500. The molecule has 0 unspecified atom stereocenters. The number of methoxy groups -OCH3 is 1. The van der Waals surface area contributed by atoms with Crippen molar-refractivity contribution in [3.63, 3.8) is 0 Å². The van der Waals surface area contributed by atoms with Gasteiger partial charge in [-0.3, -0.25) is 4.79 Å². The Morgan fingerprint density at radius 1 is 1.37 bits per heavy atom. The summed E-state index contributed by atoms with van der Waals surface area (Å²) < 4.78 is 16.8. The van der Waals surface area contributed by atoms with Crippen LogP contribution >= 0.6 is 15.9 Å². The SMILES string of the molecule is CCOC(=O)C1(COc2cccc(OC)c2Br)CC1. The van der Waals surface area contributed by atoms with Crippen LogP contribution in [0.1, 0.15) is 19.8 Å². The van der Waals surface area contributed by atoms with Crippen molar-refractivity contribution in [2.45, 2.75) is 19.8 Å². The van der Waals surface area contributed by atoms with Crippen LogP contribution in [0.15, 0.2) is 22.7 Å². The van der Waals surface area contributed by atoms with Gasteiger partial charge in [0.1, 0.15) is 28.0 Å². The first kappa shape index (κ1) is 14.2. The van der Waals surface area contributed by atoms with Crippen LogP contribution in [0.4, 0.5) is 0 Å². The van der Waals surface area contributed by atoms with E-state index in [1.807, 2.05) is 25.1 Å². The van der Waals surface area contributed by atoms with E-state index in [9.17, 15) is 4.79 Å². The minimum Gasteiger partial charge on any atom is -0.495 e. The average molecular weight is 329 g/mol. The number of ether oxygens (including phenoxy) is 3. The highest BCUT2D eigenvalue weighted by Crippen LogP contribution is 2.47. The molecule has 1 aromatic carbocycles. The Hall–Kier alpha value is -1.23. The predicted octanol–water partition coefficient (Wildman–Crippen LogP) is 3.18. The summed E-state index contributed by atoms with van der Waals surface area (Å²) in [6.45, 7) is 2.56. The molecule has 0 heterocycles. The first-order valence-electron chi connectivity index (χ1n) is 6.25. The molecule has 19 heavy (non-hydrogen) atoms. The minimum atomic E-state index is -0.446. The van der Waals surface area contributed by atoms with Gasteiger partial charge in [-0.05, 0) is 47.8 Å². The molecule has 5 heteroatoms. The lowest BCUT2D eigenvalue weighted by molar-refractivity contribution is -0.150. The molecule has 0 radical (unpaired) electrons. The summed E-state index contributed by atoms with van der Waals surface area (Å²) in [7, 11) is 1.60. The molecule has 1 aliphatic rings. The molecule has 0 N–H and O–H groups in total. The van der Waals surface area contributed by atoms with Gasteiger partial charge in [-0.2, -0.15) is 0 Å². The molecule has 0 atom stereocenters. The molecule has 4 nitrogen and oxygen atoms in total. The quantitative estimate of drug-likeness (QED) is 0.752. The standard InChI is InChI=1S/C14H17BrO4/c1-3-18-13(16)14(7-8-14)9-19-11-6-4-5-10(17-2)12(11)15/h4-6H,3,7-9H2,1-2H3. The molecule has 1 aliphatic carbocycles. The Bertz CT molecular complexity index is 469. The highest BCUT2D eigenvalue weighted by Gasteiger charge is 2.52. The molecule has 1 fully saturated rings. The van der Waals surface area contributed by atoms with Crippen LogP contribution in [-0.2, 0) is 9.53 Å². The Morgan fingerprint density at radius 3 is 2.63 bits per heavy atom. The minimum absolute atomic E-state index is 0.158. The van der Waals surface area contributed by atoms with Gasteiger partial charge in [0.05, 0.1) is 13.7 Å². The third-order valence-corrected chi connectivity index (χ3v) is 4.00. The molecule has 1 aromatic rings. The van der Waals surface area contributed by atoms with E-state index in [-0.39, 0.29) is 5.97 Å². The Kier molecular flexibility index (Phi) is 4.34.